The summed E-state index contributed by atoms with van der Waals surface area (Å²) in [6.45, 7) is 7.00. The van der Waals surface area contributed by atoms with Crippen molar-refractivity contribution < 1.29 is 33.3 Å². The van der Waals surface area contributed by atoms with Gasteiger partial charge in [-0.1, -0.05) is 78.9 Å². The molecule has 0 spiro atoms. The minimum Gasteiger partial charge on any atom is -0.496 e. The molecule has 51 heavy (non-hydrogen) atoms. The number of carbonyl (C=O) groups is 2. The fourth-order valence-electron chi connectivity index (χ4n) is 7.05. The number of piperidine rings is 1. The second-order valence-corrected chi connectivity index (χ2v) is 13.7. The molecule has 4 aromatic carbocycles. The van der Waals surface area contributed by atoms with E-state index in [1.54, 1.807) is 16.9 Å². The number of methoxy groups -OCH3 is 1. The van der Waals surface area contributed by atoms with Crippen molar-refractivity contribution in [1.29, 1.82) is 0 Å². The molecule has 2 amide bonds. The Morgan fingerprint density at radius 1 is 0.843 bits per heavy atom. The molecule has 2 aliphatic rings. The Hall–Kier alpha value is -4.86. The Morgan fingerprint density at radius 3 is 2.37 bits per heavy atom. The number of anilines is 1. The molecule has 0 aromatic heterocycles. The van der Waals surface area contributed by atoms with Gasteiger partial charge in [0.2, 0.25) is 5.91 Å². The quantitative estimate of drug-likeness (QED) is 0.126. The Morgan fingerprint density at radius 2 is 1.59 bits per heavy atom. The van der Waals surface area contributed by atoms with Crippen molar-refractivity contribution in [3.05, 3.63) is 125 Å². The molecule has 0 N–H and O–H groups in total. The Labute approximate surface area is 301 Å². The third-order valence-electron chi connectivity index (χ3n) is 9.90. The van der Waals surface area contributed by atoms with Crippen molar-refractivity contribution >= 4 is 17.7 Å². The fourth-order valence-corrected chi connectivity index (χ4v) is 7.05. The van der Waals surface area contributed by atoms with Crippen LogP contribution in [0.3, 0.4) is 0 Å². The predicted octanol–water partition coefficient (Wildman–Crippen LogP) is 7.65. The normalized spacial score (nSPS) is 18.0. The Balaban J connectivity index is 1.08. The number of ether oxygens (including phenoxy) is 5. The standard InChI is InChI=1S/C42H48N2O7/c1-42(2)36-16-10-15-33(39(36)43(3)40(42)45)29-50-38-26-44(41(46)51-27-30-12-6-5-7-13-30)23-22-35(38)31-18-20-34(21-19-31)49-25-11-24-48-28-32-14-8-9-17-37(32)47-4/h5-10,12-21,35,38H,11,22-29H2,1-4H3. The van der Waals surface area contributed by atoms with Crippen LogP contribution < -0.4 is 14.4 Å². The van der Waals surface area contributed by atoms with Crippen molar-refractivity contribution in [2.75, 3.05) is 45.4 Å². The molecule has 268 valence electrons. The lowest BCUT2D eigenvalue weighted by molar-refractivity contribution is -0.121. The average molecular weight is 693 g/mol. The van der Waals surface area contributed by atoms with Gasteiger partial charge in [-0.2, -0.15) is 0 Å². The molecule has 2 atom stereocenters. The summed E-state index contributed by atoms with van der Waals surface area (Å²) in [6.07, 6.45) is 0.829. The van der Waals surface area contributed by atoms with Crippen LogP contribution in [-0.2, 0) is 44.2 Å². The maximum Gasteiger partial charge on any atom is 0.410 e. The minimum atomic E-state index is -0.597. The maximum atomic E-state index is 13.2. The number of para-hydroxylation sites is 2. The van der Waals surface area contributed by atoms with Gasteiger partial charge in [-0.25, -0.2) is 4.79 Å². The van der Waals surface area contributed by atoms with Crippen LogP contribution in [0, 0.1) is 0 Å². The van der Waals surface area contributed by atoms with Gasteiger partial charge in [0.15, 0.2) is 0 Å². The van der Waals surface area contributed by atoms with Gasteiger partial charge in [0.1, 0.15) is 18.1 Å². The molecule has 1 fully saturated rings. The molecule has 6 rings (SSSR count). The van der Waals surface area contributed by atoms with Gasteiger partial charge >= 0.3 is 6.09 Å². The molecular weight excluding hydrogens is 644 g/mol. The van der Waals surface area contributed by atoms with E-state index in [4.69, 9.17) is 23.7 Å². The highest BCUT2D eigenvalue weighted by Gasteiger charge is 2.43. The van der Waals surface area contributed by atoms with Gasteiger partial charge in [0, 0.05) is 37.1 Å². The Bertz CT molecular complexity index is 1780. The van der Waals surface area contributed by atoms with E-state index < -0.39 is 5.41 Å². The van der Waals surface area contributed by atoms with E-state index in [0.29, 0.717) is 45.9 Å². The third kappa shape index (κ3) is 8.38. The summed E-state index contributed by atoms with van der Waals surface area (Å²) < 4.78 is 29.7. The van der Waals surface area contributed by atoms with Gasteiger partial charge < -0.3 is 33.5 Å². The number of likely N-dealkylation sites (tertiary alicyclic amines) is 1. The average Bonchev–Trinajstić information content (AvgIpc) is 3.34. The lowest BCUT2D eigenvalue weighted by Crippen LogP contribution is -2.47. The number of hydrogen-bond acceptors (Lipinski definition) is 7. The highest BCUT2D eigenvalue weighted by Crippen LogP contribution is 2.43. The van der Waals surface area contributed by atoms with Gasteiger partial charge in [-0.15, -0.1) is 0 Å². The van der Waals surface area contributed by atoms with Crippen molar-refractivity contribution in [2.45, 2.75) is 63.9 Å². The second-order valence-electron chi connectivity index (χ2n) is 13.7. The summed E-state index contributed by atoms with van der Waals surface area (Å²) >= 11 is 0. The van der Waals surface area contributed by atoms with Crippen LogP contribution in [0.5, 0.6) is 11.5 Å². The monoisotopic (exact) mass is 692 g/mol. The van der Waals surface area contributed by atoms with Gasteiger partial charge in [0.05, 0.1) is 57.3 Å². The number of fused-ring (bicyclic) bond motifs is 1. The minimum absolute atomic E-state index is 0.0492. The zero-order valence-corrected chi connectivity index (χ0v) is 30.0. The first-order chi connectivity index (χ1) is 24.8. The molecule has 9 heteroatoms. The zero-order valence-electron chi connectivity index (χ0n) is 30.0. The van der Waals surface area contributed by atoms with Crippen LogP contribution in [0.15, 0.2) is 97.1 Å². The first kappa shape index (κ1) is 35.9. The summed E-state index contributed by atoms with van der Waals surface area (Å²) in [5, 5.41) is 0. The third-order valence-corrected chi connectivity index (χ3v) is 9.90. The summed E-state index contributed by atoms with van der Waals surface area (Å²) in [5.41, 5.74) is 5.35. The largest absolute Gasteiger partial charge is 0.496 e. The first-order valence-electron chi connectivity index (χ1n) is 17.7. The summed E-state index contributed by atoms with van der Waals surface area (Å²) in [5.74, 6) is 1.73. The van der Waals surface area contributed by atoms with Gasteiger partial charge in [0.25, 0.3) is 0 Å². The number of likely N-dealkylation sites (N-methyl/N-ethyl adjacent to an activating group) is 1. The van der Waals surface area contributed by atoms with E-state index in [1.807, 2.05) is 106 Å². The molecule has 2 aliphatic heterocycles. The SMILES string of the molecule is COc1ccccc1COCCCOc1ccc(C2CCN(C(=O)OCc3ccccc3)CC2OCc2cccc3c2N(C)C(=O)C3(C)C)cc1. The highest BCUT2D eigenvalue weighted by atomic mass is 16.6. The molecule has 0 aliphatic carbocycles. The number of hydrogen-bond donors (Lipinski definition) is 0. The van der Waals surface area contributed by atoms with Crippen molar-refractivity contribution in [2.24, 2.45) is 0 Å². The number of amides is 2. The maximum absolute atomic E-state index is 13.2. The van der Waals surface area contributed by atoms with Crippen LogP contribution >= 0.6 is 0 Å². The Kier molecular flexibility index (Phi) is 11.6. The predicted molar refractivity (Wildman–Crippen MR) is 196 cm³/mol. The van der Waals surface area contributed by atoms with Crippen molar-refractivity contribution in [1.82, 2.24) is 4.90 Å². The highest BCUT2D eigenvalue weighted by molar-refractivity contribution is 6.07. The molecule has 9 nitrogen and oxygen atoms in total. The van der Waals surface area contributed by atoms with E-state index in [0.717, 1.165) is 51.4 Å². The molecule has 0 saturated carbocycles. The molecule has 2 heterocycles. The van der Waals surface area contributed by atoms with Gasteiger partial charge in [-0.3, -0.25) is 4.79 Å². The molecular formula is C42H48N2O7. The van der Waals surface area contributed by atoms with Crippen molar-refractivity contribution in [3.63, 3.8) is 0 Å². The van der Waals surface area contributed by atoms with E-state index >= 15 is 0 Å². The molecule has 1 saturated heterocycles. The van der Waals surface area contributed by atoms with Gasteiger partial charge in [-0.05, 0) is 55.2 Å². The van der Waals surface area contributed by atoms with Crippen LogP contribution in [0.4, 0.5) is 10.5 Å². The molecule has 4 aromatic rings. The molecule has 0 bridgehead atoms. The van der Waals surface area contributed by atoms with E-state index in [-0.39, 0.29) is 30.6 Å². The van der Waals surface area contributed by atoms with E-state index in [2.05, 4.69) is 12.1 Å². The van der Waals surface area contributed by atoms with E-state index in [1.165, 1.54) is 0 Å². The summed E-state index contributed by atoms with van der Waals surface area (Å²) in [4.78, 5) is 29.8. The number of nitrogens with zero attached hydrogens (tertiary/aromatic N) is 2. The lowest BCUT2D eigenvalue weighted by Gasteiger charge is -2.38. The lowest BCUT2D eigenvalue weighted by atomic mass is 9.85. The number of carbonyl (C=O) groups excluding carboxylic acids is 2. The van der Waals surface area contributed by atoms with Crippen molar-refractivity contribution in [3.8, 4) is 11.5 Å². The topological polar surface area (TPSA) is 86.8 Å². The first-order valence-corrected chi connectivity index (χ1v) is 17.7. The smallest absolute Gasteiger partial charge is 0.410 e. The number of rotatable bonds is 14. The zero-order chi connectivity index (χ0) is 35.8. The summed E-state index contributed by atoms with van der Waals surface area (Å²) in [7, 11) is 3.49. The number of benzene rings is 4. The van der Waals surface area contributed by atoms with Crippen LogP contribution in [-0.4, -0.2) is 63.5 Å². The van der Waals surface area contributed by atoms with Crippen LogP contribution in [0.25, 0.3) is 0 Å². The second kappa shape index (κ2) is 16.4. The van der Waals surface area contributed by atoms with Crippen LogP contribution in [0.2, 0.25) is 0 Å². The van der Waals surface area contributed by atoms with Crippen LogP contribution in [0.1, 0.15) is 60.4 Å². The molecule has 0 radical (unpaired) electrons. The van der Waals surface area contributed by atoms with E-state index in [9.17, 15) is 9.59 Å². The fraction of sp³-hybridized carbons (Fsp3) is 0.381. The molecule has 2 unspecified atom stereocenters. The summed E-state index contributed by atoms with van der Waals surface area (Å²) in [6, 6.07) is 31.7.